The molecule has 120 valence electrons. The highest BCUT2D eigenvalue weighted by atomic mass is 35.5. The highest BCUT2D eigenvalue weighted by molar-refractivity contribution is 7.86. The van der Waals surface area contributed by atoms with Crippen molar-refractivity contribution in [3.8, 4) is 0 Å². The Bertz CT molecular complexity index is 408. The number of ether oxygens (including phenoxy) is 1. The number of morpholine rings is 1. The molecule has 2 N–H and O–H groups in total. The average Bonchev–Trinajstić information content (AvgIpc) is 2.77. The molecular formula is C12H26ClN3O3S. The summed E-state index contributed by atoms with van der Waals surface area (Å²) in [5.74, 6) is 0.269. The molecule has 8 heteroatoms. The van der Waals surface area contributed by atoms with E-state index in [2.05, 4.69) is 0 Å². The second-order valence-electron chi connectivity index (χ2n) is 5.85. The zero-order chi connectivity index (χ0) is 14.2. The van der Waals surface area contributed by atoms with E-state index in [-0.39, 0.29) is 36.6 Å². The molecule has 0 saturated carbocycles. The van der Waals surface area contributed by atoms with Crippen LogP contribution in [0, 0.1) is 5.92 Å². The van der Waals surface area contributed by atoms with Crippen molar-refractivity contribution >= 4 is 22.6 Å². The first-order chi connectivity index (χ1) is 8.80. The number of nitrogens with two attached hydrogens (primary N) is 1. The summed E-state index contributed by atoms with van der Waals surface area (Å²) in [6.45, 7) is 7.76. The standard InChI is InChI=1S/C12H25N3O3S.ClH/c1-9-6-15(7-10(2)18-9)19(16,17)14-5-4-12(8-14)11(3)13;/h9-12H,4-8,13H2,1-3H3;1H. The molecule has 0 aromatic heterocycles. The van der Waals surface area contributed by atoms with Gasteiger partial charge in [-0.25, -0.2) is 0 Å². The monoisotopic (exact) mass is 327 g/mol. The van der Waals surface area contributed by atoms with Crippen molar-refractivity contribution in [3.05, 3.63) is 0 Å². The summed E-state index contributed by atoms with van der Waals surface area (Å²) in [6, 6.07) is 0.0442. The molecule has 20 heavy (non-hydrogen) atoms. The maximum atomic E-state index is 12.6. The van der Waals surface area contributed by atoms with Gasteiger partial charge in [0.05, 0.1) is 12.2 Å². The number of rotatable bonds is 3. The van der Waals surface area contributed by atoms with Crippen molar-refractivity contribution in [2.24, 2.45) is 11.7 Å². The zero-order valence-corrected chi connectivity index (χ0v) is 14.0. The summed E-state index contributed by atoms with van der Waals surface area (Å²) in [5.41, 5.74) is 5.87. The first-order valence-corrected chi connectivity index (χ1v) is 8.36. The Labute approximate surface area is 128 Å². The van der Waals surface area contributed by atoms with Crippen LogP contribution in [-0.2, 0) is 14.9 Å². The van der Waals surface area contributed by atoms with E-state index in [0.717, 1.165) is 6.42 Å². The van der Waals surface area contributed by atoms with Gasteiger partial charge in [-0.15, -0.1) is 12.4 Å². The van der Waals surface area contributed by atoms with Crippen LogP contribution < -0.4 is 5.73 Å². The van der Waals surface area contributed by atoms with E-state index in [4.69, 9.17) is 10.5 Å². The van der Waals surface area contributed by atoms with Gasteiger partial charge in [0.15, 0.2) is 0 Å². The fourth-order valence-electron chi connectivity index (χ4n) is 2.88. The van der Waals surface area contributed by atoms with Crippen LogP contribution in [0.2, 0.25) is 0 Å². The van der Waals surface area contributed by atoms with Gasteiger partial charge in [-0.1, -0.05) is 0 Å². The summed E-state index contributed by atoms with van der Waals surface area (Å²) >= 11 is 0. The molecule has 0 aromatic carbocycles. The summed E-state index contributed by atoms with van der Waals surface area (Å²) < 4.78 is 33.9. The minimum Gasteiger partial charge on any atom is -0.373 e. The molecule has 0 amide bonds. The highest BCUT2D eigenvalue weighted by Gasteiger charge is 2.39. The van der Waals surface area contributed by atoms with Crippen LogP contribution >= 0.6 is 12.4 Å². The van der Waals surface area contributed by atoms with Crippen LogP contribution in [0.15, 0.2) is 0 Å². The fraction of sp³-hybridized carbons (Fsp3) is 1.00. The third-order valence-corrected chi connectivity index (χ3v) is 5.90. The smallest absolute Gasteiger partial charge is 0.282 e. The largest absolute Gasteiger partial charge is 0.373 e. The Hall–Kier alpha value is 0.0800. The van der Waals surface area contributed by atoms with Gasteiger partial charge in [-0.05, 0) is 33.1 Å². The lowest BCUT2D eigenvalue weighted by Crippen LogP contribution is -2.52. The third-order valence-electron chi connectivity index (χ3n) is 3.97. The van der Waals surface area contributed by atoms with Crippen LogP contribution in [0.5, 0.6) is 0 Å². The zero-order valence-electron chi connectivity index (χ0n) is 12.4. The van der Waals surface area contributed by atoms with Crippen molar-refractivity contribution in [3.63, 3.8) is 0 Å². The quantitative estimate of drug-likeness (QED) is 0.815. The Morgan fingerprint density at radius 3 is 2.15 bits per heavy atom. The van der Waals surface area contributed by atoms with Crippen LogP contribution in [0.1, 0.15) is 27.2 Å². The van der Waals surface area contributed by atoms with Gasteiger partial charge < -0.3 is 10.5 Å². The third kappa shape index (κ3) is 3.84. The van der Waals surface area contributed by atoms with Crippen LogP contribution in [-0.4, -0.2) is 61.5 Å². The second-order valence-corrected chi connectivity index (χ2v) is 7.78. The predicted molar refractivity (Wildman–Crippen MR) is 81.1 cm³/mol. The first-order valence-electron chi connectivity index (χ1n) is 6.97. The van der Waals surface area contributed by atoms with E-state index in [1.807, 2.05) is 20.8 Å². The van der Waals surface area contributed by atoms with E-state index in [1.54, 1.807) is 8.61 Å². The Balaban J connectivity index is 0.00000200. The molecule has 4 atom stereocenters. The van der Waals surface area contributed by atoms with E-state index in [9.17, 15) is 8.42 Å². The molecule has 0 spiro atoms. The fourth-order valence-corrected chi connectivity index (χ4v) is 4.71. The molecule has 2 aliphatic rings. The number of nitrogens with zero attached hydrogens (tertiary/aromatic N) is 2. The van der Waals surface area contributed by atoms with Crippen molar-refractivity contribution in [1.29, 1.82) is 0 Å². The van der Waals surface area contributed by atoms with E-state index in [0.29, 0.717) is 26.2 Å². The van der Waals surface area contributed by atoms with E-state index in [1.165, 1.54) is 0 Å². The molecule has 2 heterocycles. The van der Waals surface area contributed by atoms with Gasteiger partial charge in [0.1, 0.15) is 0 Å². The lowest BCUT2D eigenvalue weighted by molar-refractivity contribution is -0.0453. The van der Waals surface area contributed by atoms with Gasteiger partial charge in [0, 0.05) is 32.2 Å². The SMILES string of the molecule is CC1CN(S(=O)(=O)N2CCC(C(C)N)C2)CC(C)O1.Cl. The second kappa shape index (κ2) is 6.89. The minimum atomic E-state index is -3.36. The highest BCUT2D eigenvalue weighted by Crippen LogP contribution is 2.25. The predicted octanol–water partition coefficient (Wildman–Crippen LogP) is 0.431. The molecular weight excluding hydrogens is 302 g/mol. The van der Waals surface area contributed by atoms with Crippen LogP contribution in [0.3, 0.4) is 0 Å². The van der Waals surface area contributed by atoms with Crippen molar-refractivity contribution in [1.82, 2.24) is 8.61 Å². The number of halogens is 1. The molecule has 4 unspecified atom stereocenters. The topological polar surface area (TPSA) is 75.9 Å². The Morgan fingerprint density at radius 2 is 1.70 bits per heavy atom. The van der Waals surface area contributed by atoms with Crippen molar-refractivity contribution in [2.75, 3.05) is 26.2 Å². The normalized spacial score (nSPS) is 34.7. The maximum absolute atomic E-state index is 12.6. The Morgan fingerprint density at radius 1 is 1.15 bits per heavy atom. The number of hydrogen-bond acceptors (Lipinski definition) is 4. The van der Waals surface area contributed by atoms with E-state index < -0.39 is 10.2 Å². The summed E-state index contributed by atoms with van der Waals surface area (Å²) in [6.07, 6.45) is 0.752. The molecule has 0 bridgehead atoms. The molecule has 0 aromatic rings. The molecule has 2 rings (SSSR count). The molecule has 2 aliphatic heterocycles. The van der Waals surface area contributed by atoms with Gasteiger partial charge in [-0.3, -0.25) is 0 Å². The van der Waals surface area contributed by atoms with Gasteiger partial charge in [0.25, 0.3) is 10.2 Å². The minimum absolute atomic E-state index is 0. The summed E-state index contributed by atoms with van der Waals surface area (Å²) in [7, 11) is -3.36. The van der Waals surface area contributed by atoms with Crippen LogP contribution in [0.25, 0.3) is 0 Å². The van der Waals surface area contributed by atoms with Gasteiger partial charge in [0.2, 0.25) is 0 Å². The molecule has 2 fully saturated rings. The lowest BCUT2D eigenvalue weighted by Gasteiger charge is -2.36. The van der Waals surface area contributed by atoms with Gasteiger partial charge in [-0.2, -0.15) is 17.0 Å². The van der Waals surface area contributed by atoms with Crippen molar-refractivity contribution < 1.29 is 13.2 Å². The molecule has 6 nitrogen and oxygen atoms in total. The van der Waals surface area contributed by atoms with Crippen molar-refractivity contribution in [2.45, 2.75) is 45.4 Å². The lowest BCUT2D eigenvalue weighted by atomic mass is 10.0. The Kier molecular flexibility index (Phi) is 6.25. The summed E-state index contributed by atoms with van der Waals surface area (Å²) in [5, 5.41) is 0. The van der Waals surface area contributed by atoms with E-state index >= 15 is 0 Å². The first kappa shape index (κ1) is 18.1. The molecule has 0 aliphatic carbocycles. The average molecular weight is 328 g/mol. The molecule has 2 saturated heterocycles. The van der Waals surface area contributed by atoms with Gasteiger partial charge >= 0.3 is 0 Å². The summed E-state index contributed by atoms with van der Waals surface area (Å²) in [4.78, 5) is 0. The van der Waals surface area contributed by atoms with Crippen LogP contribution in [0.4, 0.5) is 0 Å². The number of hydrogen-bond donors (Lipinski definition) is 1. The molecule has 0 radical (unpaired) electrons. The maximum Gasteiger partial charge on any atom is 0.282 e.